The van der Waals surface area contributed by atoms with Gasteiger partial charge in [-0.05, 0) is 56.5 Å². The molecule has 1 amide bonds. The van der Waals surface area contributed by atoms with Crippen molar-refractivity contribution in [3.05, 3.63) is 57.1 Å². The summed E-state index contributed by atoms with van der Waals surface area (Å²) in [7, 11) is 0. The van der Waals surface area contributed by atoms with Crippen LogP contribution in [0.1, 0.15) is 51.9 Å². The van der Waals surface area contributed by atoms with Crippen LogP contribution in [-0.4, -0.2) is 41.9 Å². The summed E-state index contributed by atoms with van der Waals surface area (Å²) in [4.78, 5) is 27.4. The summed E-state index contributed by atoms with van der Waals surface area (Å²) in [6.07, 6.45) is 1.56. The second-order valence-electron chi connectivity index (χ2n) is 8.83. The third-order valence-corrected chi connectivity index (χ3v) is 7.02. The second-order valence-corrected chi connectivity index (χ2v) is 9.21. The number of amides is 1. The first-order valence-corrected chi connectivity index (χ1v) is 11.1. The fourth-order valence-corrected chi connectivity index (χ4v) is 4.78. The number of fused-ring (bicyclic) bond motifs is 1. The Morgan fingerprint density at radius 1 is 1.13 bits per heavy atom. The van der Waals surface area contributed by atoms with Gasteiger partial charge in [-0.2, -0.15) is 0 Å². The van der Waals surface area contributed by atoms with Gasteiger partial charge in [0, 0.05) is 31.0 Å². The number of aryl methyl sites for hydroxylation is 3. The molecule has 2 aliphatic heterocycles. The lowest BCUT2D eigenvalue weighted by molar-refractivity contribution is -0.136. The van der Waals surface area contributed by atoms with Crippen molar-refractivity contribution in [3.63, 3.8) is 0 Å². The normalized spacial score (nSPS) is 17.3. The SMILES string of the molecule is Cc1ccc(OCC(=O)N2CCC3(CC2)CC(=O)c2c(cc(C)c(Cl)c2C)O3)c(C)c1. The summed E-state index contributed by atoms with van der Waals surface area (Å²) in [6, 6.07) is 7.77. The van der Waals surface area contributed by atoms with E-state index in [-0.39, 0.29) is 18.3 Å². The molecule has 0 unspecified atom stereocenters. The van der Waals surface area contributed by atoms with Gasteiger partial charge in [0.05, 0.1) is 12.0 Å². The number of nitrogens with zero attached hydrogens (tertiary/aromatic N) is 1. The number of likely N-dealkylation sites (tertiary alicyclic amines) is 1. The van der Waals surface area contributed by atoms with Crippen LogP contribution in [0.4, 0.5) is 0 Å². The number of ether oxygens (including phenoxy) is 2. The highest BCUT2D eigenvalue weighted by Gasteiger charge is 2.44. The molecule has 0 bridgehead atoms. The first kappa shape index (κ1) is 21.7. The van der Waals surface area contributed by atoms with Crippen molar-refractivity contribution in [1.82, 2.24) is 4.90 Å². The Hall–Kier alpha value is -2.53. The number of carbonyl (C=O) groups is 2. The van der Waals surface area contributed by atoms with Crippen LogP contribution >= 0.6 is 11.6 Å². The van der Waals surface area contributed by atoms with Gasteiger partial charge < -0.3 is 14.4 Å². The first-order chi connectivity index (χ1) is 14.7. The van der Waals surface area contributed by atoms with Crippen LogP contribution in [0.5, 0.6) is 11.5 Å². The van der Waals surface area contributed by atoms with Crippen LogP contribution in [0.3, 0.4) is 0 Å². The Bertz CT molecular complexity index is 1050. The molecule has 0 aliphatic carbocycles. The number of benzene rings is 2. The van der Waals surface area contributed by atoms with Gasteiger partial charge in [-0.3, -0.25) is 9.59 Å². The number of rotatable bonds is 3. The highest BCUT2D eigenvalue weighted by atomic mass is 35.5. The molecule has 0 atom stereocenters. The molecule has 5 nitrogen and oxygen atoms in total. The van der Waals surface area contributed by atoms with E-state index in [9.17, 15) is 9.59 Å². The molecule has 0 radical (unpaired) electrons. The number of hydrogen-bond donors (Lipinski definition) is 0. The maximum atomic E-state index is 12.9. The zero-order valence-electron chi connectivity index (χ0n) is 18.5. The summed E-state index contributed by atoms with van der Waals surface area (Å²) >= 11 is 6.34. The van der Waals surface area contributed by atoms with Crippen LogP contribution in [0.2, 0.25) is 5.02 Å². The molecular weight excluding hydrogens is 414 g/mol. The largest absolute Gasteiger partial charge is 0.486 e. The molecule has 0 N–H and O–H groups in total. The summed E-state index contributed by atoms with van der Waals surface area (Å²) < 4.78 is 12.1. The smallest absolute Gasteiger partial charge is 0.260 e. The van der Waals surface area contributed by atoms with E-state index in [0.717, 1.165) is 28.0 Å². The molecule has 31 heavy (non-hydrogen) atoms. The number of carbonyl (C=O) groups excluding carboxylic acids is 2. The maximum absolute atomic E-state index is 12.9. The van der Waals surface area contributed by atoms with Crippen molar-refractivity contribution in [2.75, 3.05) is 19.7 Å². The van der Waals surface area contributed by atoms with Crippen LogP contribution < -0.4 is 9.47 Å². The predicted molar refractivity (Wildman–Crippen MR) is 120 cm³/mol. The van der Waals surface area contributed by atoms with Gasteiger partial charge in [0.1, 0.15) is 17.1 Å². The minimum atomic E-state index is -0.554. The molecule has 2 aromatic carbocycles. The maximum Gasteiger partial charge on any atom is 0.260 e. The van der Waals surface area contributed by atoms with Crippen molar-refractivity contribution in [1.29, 1.82) is 0 Å². The summed E-state index contributed by atoms with van der Waals surface area (Å²) in [5.41, 5.74) is 3.91. The van der Waals surface area contributed by atoms with E-state index >= 15 is 0 Å². The van der Waals surface area contributed by atoms with Gasteiger partial charge in [0.15, 0.2) is 12.4 Å². The lowest BCUT2D eigenvalue weighted by Crippen LogP contribution is -2.53. The fraction of sp³-hybridized carbons (Fsp3) is 0.440. The molecule has 2 aliphatic rings. The number of halogens is 1. The van der Waals surface area contributed by atoms with Gasteiger partial charge in [0.25, 0.3) is 5.91 Å². The van der Waals surface area contributed by atoms with Crippen LogP contribution in [0.25, 0.3) is 0 Å². The molecule has 6 heteroatoms. The van der Waals surface area contributed by atoms with E-state index < -0.39 is 5.60 Å². The fourth-order valence-electron chi connectivity index (χ4n) is 4.63. The van der Waals surface area contributed by atoms with Crippen molar-refractivity contribution in [2.45, 2.75) is 52.6 Å². The molecule has 1 saturated heterocycles. The summed E-state index contributed by atoms with van der Waals surface area (Å²) in [5, 5.41) is 0.621. The molecule has 1 fully saturated rings. The first-order valence-electron chi connectivity index (χ1n) is 10.7. The molecule has 1 spiro atoms. The Balaban J connectivity index is 1.40. The number of piperidine rings is 1. The van der Waals surface area contributed by atoms with Crippen LogP contribution in [0, 0.1) is 27.7 Å². The zero-order chi connectivity index (χ0) is 22.3. The third kappa shape index (κ3) is 4.16. The standard InChI is InChI=1S/C25H28ClNO4/c1-15-5-6-20(16(2)11-15)30-14-22(29)27-9-7-25(8-10-27)13-19(28)23-18(4)24(26)17(3)12-21(23)31-25/h5-6,11-12H,7-10,13-14H2,1-4H3. The topological polar surface area (TPSA) is 55.8 Å². The van der Waals surface area contributed by atoms with Gasteiger partial charge in [-0.1, -0.05) is 29.3 Å². The highest BCUT2D eigenvalue weighted by molar-refractivity contribution is 6.32. The number of Topliss-reactive ketones (excluding diaryl/α,β-unsaturated/α-hetero) is 1. The van der Waals surface area contributed by atoms with Gasteiger partial charge >= 0.3 is 0 Å². The van der Waals surface area contributed by atoms with Crippen molar-refractivity contribution in [3.8, 4) is 11.5 Å². The molecule has 0 saturated carbocycles. The van der Waals surface area contributed by atoms with Gasteiger partial charge in [-0.25, -0.2) is 0 Å². The van der Waals surface area contributed by atoms with Crippen LogP contribution in [-0.2, 0) is 4.79 Å². The number of hydrogen-bond acceptors (Lipinski definition) is 4. The highest BCUT2D eigenvalue weighted by Crippen LogP contribution is 2.43. The molecule has 4 rings (SSSR count). The molecule has 0 aromatic heterocycles. The van der Waals surface area contributed by atoms with E-state index in [1.54, 1.807) is 4.90 Å². The molecule has 2 aromatic rings. The lowest BCUT2D eigenvalue weighted by Gasteiger charge is -2.44. The van der Waals surface area contributed by atoms with E-state index in [4.69, 9.17) is 21.1 Å². The molecular formula is C25H28ClNO4. The minimum absolute atomic E-state index is 0.0103. The Morgan fingerprint density at radius 2 is 1.84 bits per heavy atom. The van der Waals surface area contributed by atoms with Gasteiger partial charge in [0.2, 0.25) is 0 Å². The summed E-state index contributed by atoms with van der Waals surface area (Å²) in [5.74, 6) is 1.37. The monoisotopic (exact) mass is 441 g/mol. The Labute approximate surface area is 188 Å². The summed E-state index contributed by atoms with van der Waals surface area (Å²) in [6.45, 7) is 8.89. The van der Waals surface area contributed by atoms with E-state index in [1.807, 2.05) is 52.0 Å². The second kappa shape index (κ2) is 8.19. The predicted octanol–water partition coefficient (Wildman–Crippen LogP) is 4.98. The van der Waals surface area contributed by atoms with Crippen molar-refractivity contribution < 1.29 is 19.1 Å². The van der Waals surface area contributed by atoms with Crippen LogP contribution in [0.15, 0.2) is 24.3 Å². The number of ketones is 1. The lowest BCUT2D eigenvalue weighted by atomic mass is 9.81. The minimum Gasteiger partial charge on any atom is -0.486 e. The van der Waals surface area contributed by atoms with E-state index in [0.29, 0.717) is 48.7 Å². The van der Waals surface area contributed by atoms with Crippen molar-refractivity contribution >= 4 is 23.3 Å². The average Bonchev–Trinajstić information content (AvgIpc) is 2.71. The molecule has 164 valence electrons. The van der Waals surface area contributed by atoms with E-state index in [1.165, 1.54) is 0 Å². The zero-order valence-corrected chi connectivity index (χ0v) is 19.3. The van der Waals surface area contributed by atoms with Gasteiger partial charge in [-0.15, -0.1) is 0 Å². The van der Waals surface area contributed by atoms with E-state index in [2.05, 4.69) is 0 Å². The van der Waals surface area contributed by atoms with Crippen molar-refractivity contribution in [2.24, 2.45) is 0 Å². The Morgan fingerprint density at radius 3 is 2.52 bits per heavy atom. The Kier molecular flexibility index (Phi) is 5.73. The third-order valence-electron chi connectivity index (χ3n) is 6.44. The molecule has 2 heterocycles. The quantitative estimate of drug-likeness (QED) is 0.674. The average molecular weight is 442 g/mol.